The van der Waals surface area contributed by atoms with Crippen LogP contribution in [0.15, 0.2) is 36.4 Å². The van der Waals surface area contributed by atoms with Gasteiger partial charge in [-0.25, -0.2) is 17.6 Å². The van der Waals surface area contributed by atoms with Crippen LogP contribution in [-0.4, -0.2) is 44.4 Å². The first-order valence-corrected chi connectivity index (χ1v) is 10.6. The fourth-order valence-corrected chi connectivity index (χ4v) is 4.01. The van der Waals surface area contributed by atoms with Crippen LogP contribution in [0.2, 0.25) is 0 Å². The predicted octanol–water partition coefficient (Wildman–Crippen LogP) is 3.10. The van der Waals surface area contributed by atoms with Gasteiger partial charge in [0.25, 0.3) is 0 Å². The molecule has 0 fully saturated rings. The van der Waals surface area contributed by atoms with Gasteiger partial charge in [0.2, 0.25) is 15.9 Å². The van der Waals surface area contributed by atoms with Gasteiger partial charge in [-0.15, -0.1) is 0 Å². The molecule has 0 spiro atoms. The fourth-order valence-electron chi connectivity index (χ4n) is 3.44. The number of amides is 2. The van der Waals surface area contributed by atoms with Crippen LogP contribution >= 0.6 is 0 Å². The maximum absolute atomic E-state index is 14.3. The van der Waals surface area contributed by atoms with E-state index >= 15 is 0 Å². The van der Waals surface area contributed by atoms with Crippen molar-refractivity contribution in [3.05, 3.63) is 42.2 Å². The highest BCUT2D eigenvalue weighted by Gasteiger charge is 2.33. The van der Waals surface area contributed by atoms with Gasteiger partial charge in [0, 0.05) is 13.5 Å². The summed E-state index contributed by atoms with van der Waals surface area (Å²) in [7, 11) is -3.62. The summed E-state index contributed by atoms with van der Waals surface area (Å²) in [5.41, 5.74) is 1.55. The molecule has 2 N–H and O–H groups in total. The quantitative estimate of drug-likeness (QED) is 0.792. The number of fused-ring (bicyclic) bond motifs is 1. The third kappa shape index (κ3) is 4.16. The summed E-state index contributed by atoms with van der Waals surface area (Å²) in [6, 6.07) is 8.50. The Morgan fingerprint density at radius 1 is 1.14 bits per heavy atom. The predicted molar refractivity (Wildman–Crippen MR) is 108 cm³/mol. The summed E-state index contributed by atoms with van der Waals surface area (Å²) < 4.78 is 39.1. The lowest BCUT2D eigenvalue weighted by atomic mass is 10.0. The zero-order chi connectivity index (χ0) is 21.5. The van der Waals surface area contributed by atoms with Crippen molar-refractivity contribution in [3.8, 4) is 11.1 Å². The van der Waals surface area contributed by atoms with Gasteiger partial charge in [0.15, 0.2) is 0 Å². The fraction of sp³-hybridized carbons (Fsp3) is 0.263. The van der Waals surface area contributed by atoms with Crippen molar-refractivity contribution >= 4 is 39.1 Å². The highest BCUT2D eigenvalue weighted by molar-refractivity contribution is 7.92. The molecule has 1 heterocycles. The second kappa shape index (κ2) is 7.36. The molecule has 2 amide bonds. The topological polar surface area (TPSA) is 107 Å². The van der Waals surface area contributed by atoms with Gasteiger partial charge in [-0.2, -0.15) is 0 Å². The summed E-state index contributed by atoms with van der Waals surface area (Å²) in [5.74, 6) is -0.974. The molecule has 10 heteroatoms. The summed E-state index contributed by atoms with van der Waals surface area (Å²) in [6.45, 7) is 3.28. The van der Waals surface area contributed by atoms with Gasteiger partial charge >= 0.3 is 6.09 Å². The average Bonchev–Trinajstić information content (AvgIpc) is 2.60. The minimum Gasteiger partial charge on any atom is -0.465 e. The second-order valence-electron chi connectivity index (χ2n) is 6.90. The monoisotopic (exact) mass is 421 g/mol. The minimum absolute atomic E-state index is 0.108. The first-order valence-electron chi connectivity index (χ1n) is 8.70. The highest BCUT2D eigenvalue weighted by atomic mass is 32.2. The van der Waals surface area contributed by atoms with Crippen molar-refractivity contribution in [1.29, 1.82) is 0 Å². The zero-order valence-electron chi connectivity index (χ0n) is 16.0. The maximum atomic E-state index is 14.3. The second-order valence-corrected chi connectivity index (χ2v) is 8.65. The molecule has 154 valence electrons. The number of halogens is 1. The molecule has 0 aromatic heterocycles. The molecule has 0 radical (unpaired) electrons. The lowest BCUT2D eigenvalue weighted by Crippen LogP contribution is -2.51. The molecule has 0 saturated carbocycles. The van der Waals surface area contributed by atoms with Gasteiger partial charge in [-0.3, -0.25) is 14.4 Å². The van der Waals surface area contributed by atoms with Crippen molar-refractivity contribution in [2.75, 3.05) is 27.3 Å². The van der Waals surface area contributed by atoms with Crippen LogP contribution in [0.4, 0.5) is 26.2 Å². The molecular formula is C19H20FN3O5S. The molecule has 29 heavy (non-hydrogen) atoms. The van der Waals surface area contributed by atoms with Crippen LogP contribution in [0, 0.1) is 5.82 Å². The van der Waals surface area contributed by atoms with Gasteiger partial charge < -0.3 is 10.0 Å². The molecule has 1 atom stereocenters. The van der Waals surface area contributed by atoms with E-state index in [2.05, 4.69) is 4.72 Å². The molecule has 0 saturated heterocycles. The highest BCUT2D eigenvalue weighted by Crippen LogP contribution is 2.39. The van der Waals surface area contributed by atoms with Crippen molar-refractivity contribution in [3.63, 3.8) is 0 Å². The van der Waals surface area contributed by atoms with E-state index in [0.29, 0.717) is 22.5 Å². The Bertz CT molecular complexity index is 1100. The molecule has 2 aromatic carbocycles. The normalized spacial score (nSPS) is 16.3. The SMILES string of the molecule is CC(=O)N1c2ccc(-c3ccc(NS(C)(=O)=O)c(F)c3)cc2N(C(=O)O)C[C@@H]1C. The summed E-state index contributed by atoms with van der Waals surface area (Å²) in [6.07, 6.45) is -0.233. The zero-order valence-corrected chi connectivity index (χ0v) is 16.8. The molecule has 1 aliphatic heterocycles. The van der Waals surface area contributed by atoms with E-state index in [-0.39, 0.29) is 24.2 Å². The van der Waals surface area contributed by atoms with Crippen LogP contribution in [0.1, 0.15) is 13.8 Å². The molecule has 0 unspecified atom stereocenters. The Hall–Kier alpha value is -3.14. The van der Waals surface area contributed by atoms with Crippen LogP contribution in [0.3, 0.4) is 0 Å². The number of hydrogen-bond donors (Lipinski definition) is 2. The molecule has 3 rings (SSSR count). The summed E-state index contributed by atoms with van der Waals surface area (Å²) in [5, 5.41) is 9.58. The summed E-state index contributed by atoms with van der Waals surface area (Å²) >= 11 is 0. The van der Waals surface area contributed by atoms with Gasteiger partial charge in [0.05, 0.1) is 29.4 Å². The lowest BCUT2D eigenvalue weighted by molar-refractivity contribution is -0.117. The smallest absolute Gasteiger partial charge is 0.411 e. The Morgan fingerprint density at radius 3 is 2.31 bits per heavy atom. The molecule has 1 aliphatic rings. The van der Waals surface area contributed by atoms with E-state index in [1.165, 1.54) is 24.0 Å². The Morgan fingerprint density at radius 2 is 1.76 bits per heavy atom. The maximum Gasteiger partial charge on any atom is 0.411 e. The molecule has 0 aliphatic carbocycles. The summed E-state index contributed by atoms with van der Waals surface area (Å²) in [4.78, 5) is 26.4. The number of rotatable bonds is 3. The molecule has 8 nitrogen and oxygen atoms in total. The standard InChI is InChI=1S/C19H20FN3O5S/c1-11-10-22(19(25)26)18-9-14(5-7-17(18)23(11)12(2)24)13-4-6-16(15(20)8-13)21-29(3,27)28/h4-9,11,21H,10H2,1-3H3,(H,25,26)/t11-/m0/s1. The van der Waals surface area contributed by atoms with E-state index in [1.54, 1.807) is 25.1 Å². The van der Waals surface area contributed by atoms with Gasteiger partial charge in [-0.1, -0.05) is 12.1 Å². The lowest BCUT2D eigenvalue weighted by Gasteiger charge is -2.39. The van der Waals surface area contributed by atoms with Crippen molar-refractivity contribution in [2.45, 2.75) is 19.9 Å². The number of anilines is 3. The van der Waals surface area contributed by atoms with E-state index in [4.69, 9.17) is 0 Å². The number of carbonyl (C=O) groups excluding carboxylic acids is 1. The number of hydrogen-bond acceptors (Lipinski definition) is 4. The Balaban J connectivity index is 2.07. The van der Waals surface area contributed by atoms with E-state index in [1.807, 2.05) is 0 Å². The van der Waals surface area contributed by atoms with E-state index in [0.717, 1.165) is 17.2 Å². The number of benzene rings is 2. The van der Waals surface area contributed by atoms with Crippen LogP contribution in [0.25, 0.3) is 11.1 Å². The van der Waals surface area contributed by atoms with Gasteiger partial charge in [-0.05, 0) is 42.3 Å². The van der Waals surface area contributed by atoms with E-state index in [9.17, 15) is 27.5 Å². The molecule has 2 aromatic rings. The van der Waals surface area contributed by atoms with Gasteiger partial charge in [0.1, 0.15) is 5.82 Å². The Labute approximate surface area is 167 Å². The third-order valence-electron chi connectivity index (χ3n) is 4.58. The van der Waals surface area contributed by atoms with Crippen LogP contribution in [0.5, 0.6) is 0 Å². The van der Waals surface area contributed by atoms with Crippen molar-refractivity contribution < 1.29 is 27.5 Å². The van der Waals surface area contributed by atoms with Crippen molar-refractivity contribution in [1.82, 2.24) is 0 Å². The Kier molecular flexibility index (Phi) is 5.22. The average molecular weight is 421 g/mol. The largest absolute Gasteiger partial charge is 0.465 e. The first-order chi connectivity index (χ1) is 13.5. The number of nitrogens with zero attached hydrogens (tertiary/aromatic N) is 2. The minimum atomic E-state index is -3.62. The van der Waals surface area contributed by atoms with Crippen molar-refractivity contribution in [2.24, 2.45) is 0 Å². The number of sulfonamides is 1. The van der Waals surface area contributed by atoms with Crippen LogP contribution < -0.4 is 14.5 Å². The molecular weight excluding hydrogens is 401 g/mol. The third-order valence-corrected chi connectivity index (χ3v) is 5.17. The first kappa shape index (κ1) is 20.6. The number of nitrogens with one attached hydrogen (secondary N) is 1. The van der Waals surface area contributed by atoms with Crippen LogP contribution in [-0.2, 0) is 14.8 Å². The number of carbonyl (C=O) groups is 2. The van der Waals surface area contributed by atoms with E-state index < -0.39 is 21.9 Å². The molecule has 0 bridgehead atoms. The number of carboxylic acid groups (broad SMARTS) is 1.